The molecule has 0 amide bonds. The van der Waals surface area contributed by atoms with Crippen molar-refractivity contribution in [3.05, 3.63) is 29.8 Å². The first-order valence-electron chi connectivity index (χ1n) is 4.26. The second-order valence-electron chi connectivity index (χ2n) is 2.76. The Morgan fingerprint density at radius 2 is 2.31 bits per heavy atom. The van der Waals surface area contributed by atoms with Crippen LogP contribution in [0.25, 0.3) is 0 Å². The molecule has 0 fully saturated rings. The third kappa shape index (κ3) is 2.78. The summed E-state index contributed by atoms with van der Waals surface area (Å²) in [5.74, 6) is -0.311. The van der Waals surface area contributed by atoms with Crippen molar-refractivity contribution in [1.82, 2.24) is 0 Å². The van der Waals surface area contributed by atoms with Crippen LogP contribution in [-0.4, -0.2) is 12.6 Å². The van der Waals surface area contributed by atoms with Crippen molar-refractivity contribution in [2.24, 2.45) is 0 Å². The Balaban J connectivity index is 2.66. The Morgan fingerprint density at radius 3 is 2.92 bits per heavy atom. The number of anilines is 1. The topological polar surface area (TPSA) is 52.3 Å². The lowest BCUT2D eigenvalue weighted by Gasteiger charge is -2.02. The fourth-order valence-corrected chi connectivity index (χ4v) is 0.944. The first-order valence-corrected chi connectivity index (χ1v) is 4.26. The third-order valence-corrected chi connectivity index (χ3v) is 1.56. The second kappa shape index (κ2) is 4.50. The molecule has 3 nitrogen and oxygen atoms in total. The van der Waals surface area contributed by atoms with Gasteiger partial charge in [-0.05, 0) is 24.6 Å². The first kappa shape index (κ1) is 9.58. The minimum absolute atomic E-state index is 0.311. The molecule has 0 saturated heterocycles. The highest BCUT2D eigenvalue weighted by Crippen LogP contribution is 2.07. The van der Waals surface area contributed by atoms with Crippen LogP contribution in [0, 0.1) is 0 Å². The van der Waals surface area contributed by atoms with Gasteiger partial charge < -0.3 is 10.5 Å². The Morgan fingerprint density at radius 1 is 1.54 bits per heavy atom. The average molecular weight is 179 g/mol. The number of benzene rings is 1. The highest BCUT2D eigenvalue weighted by atomic mass is 16.5. The van der Waals surface area contributed by atoms with Crippen molar-refractivity contribution >= 4 is 11.7 Å². The molecule has 0 radical (unpaired) electrons. The number of nitrogen functional groups attached to an aromatic ring is 1. The van der Waals surface area contributed by atoms with Gasteiger partial charge in [-0.2, -0.15) is 0 Å². The quantitative estimate of drug-likeness (QED) is 0.569. The smallest absolute Gasteiger partial charge is 0.338 e. The molecule has 13 heavy (non-hydrogen) atoms. The van der Waals surface area contributed by atoms with Crippen molar-refractivity contribution in [3.8, 4) is 0 Å². The molecule has 1 aromatic carbocycles. The van der Waals surface area contributed by atoms with Crippen LogP contribution >= 0.6 is 0 Å². The molecule has 0 atom stereocenters. The van der Waals surface area contributed by atoms with E-state index in [-0.39, 0.29) is 5.97 Å². The monoisotopic (exact) mass is 179 g/mol. The molecule has 0 aliphatic heterocycles. The summed E-state index contributed by atoms with van der Waals surface area (Å²) in [5.41, 5.74) is 6.60. The van der Waals surface area contributed by atoms with Gasteiger partial charge in [0, 0.05) is 5.69 Å². The van der Waals surface area contributed by atoms with Crippen molar-refractivity contribution < 1.29 is 9.53 Å². The molecule has 1 rings (SSSR count). The van der Waals surface area contributed by atoms with Gasteiger partial charge in [-0.1, -0.05) is 13.0 Å². The van der Waals surface area contributed by atoms with E-state index in [1.165, 1.54) is 0 Å². The molecule has 2 N–H and O–H groups in total. The molecule has 0 aromatic heterocycles. The number of hydrogen-bond acceptors (Lipinski definition) is 3. The van der Waals surface area contributed by atoms with Crippen LogP contribution in [0.15, 0.2) is 24.3 Å². The molecule has 0 heterocycles. The third-order valence-electron chi connectivity index (χ3n) is 1.56. The van der Waals surface area contributed by atoms with Crippen LogP contribution in [0.2, 0.25) is 0 Å². The van der Waals surface area contributed by atoms with Crippen LogP contribution in [-0.2, 0) is 4.74 Å². The summed E-state index contributed by atoms with van der Waals surface area (Å²) in [5, 5.41) is 0. The Bertz CT molecular complexity index is 297. The van der Waals surface area contributed by atoms with Crippen LogP contribution in [0.5, 0.6) is 0 Å². The van der Waals surface area contributed by atoms with Gasteiger partial charge in [0.1, 0.15) is 0 Å². The average Bonchev–Trinajstić information content (AvgIpc) is 2.14. The number of carbonyl (C=O) groups excluding carboxylic acids is 1. The van der Waals surface area contributed by atoms with Gasteiger partial charge in [-0.3, -0.25) is 0 Å². The fourth-order valence-electron chi connectivity index (χ4n) is 0.944. The summed E-state index contributed by atoms with van der Waals surface area (Å²) >= 11 is 0. The summed E-state index contributed by atoms with van der Waals surface area (Å²) in [6, 6.07) is 6.76. The zero-order valence-electron chi connectivity index (χ0n) is 7.62. The van der Waals surface area contributed by atoms with E-state index in [9.17, 15) is 4.79 Å². The standard InChI is InChI=1S/C10H13NO2/c1-2-6-13-10(12)8-4-3-5-9(11)7-8/h3-5,7H,2,6,11H2,1H3. The van der Waals surface area contributed by atoms with E-state index in [1.54, 1.807) is 24.3 Å². The SMILES string of the molecule is CCCOC(=O)c1cccc(N)c1. The number of carbonyl (C=O) groups is 1. The minimum Gasteiger partial charge on any atom is -0.462 e. The van der Waals surface area contributed by atoms with Crippen molar-refractivity contribution in [1.29, 1.82) is 0 Å². The largest absolute Gasteiger partial charge is 0.462 e. The molecule has 0 unspecified atom stereocenters. The number of nitrogens with two attached hydrogens (primary N) is 1. The molecule has 0 aliphatic rings. The fraction of sp³-hybridized carbons (Fsp3) is 0.300. The summed E-state index contributed by atoms with van der Waals surface area (Å²) in [4.78, 5) is 11.3. The maximum atomic E-state index is 11.3. The maximum Gasteiger partial charge on any atom is 0.338 e. The summed E-state index contributed by atoms with van der Waals surface area (Å²) < 4.78 is 4.94. The maximum absolute atomic E-state index is 11.3. The zero-order valence-corrected chi connectivity index (χ0v) is 7.62. The van der Waals surface area contributed by atoms with E-state index in [4.69, 9.17) is 10.5 Å². The Kier molecular flexibility index (Phi) is 3.31. The lowest BCUT2D eigenvalue weighted by molar-refractivity contribution is 0.0505. The van der Waals surface area contributed by atoms with Crippen LogP contribution in [0.3, 0.4) is 0 Å². The summed E-state index contributed by atoms with van der Waals surface area (Å²) in [6.45, 7) is 2.40. The van der Waals surface area contributed by atoms with Crippen molar-refractivity contribution in [3.63, 3.8) is 0 Å². The van der Waals surface area contributed by atoms with E-state index in [1.807, 2.05) is 6.92 Å². The lowest BCUT2D eigenvalue weighted by Crippen LogP contribution is -2.06. The highest BCUT2D eigenvalue weighted by molar-refractivity contribution is 5.90. The second-order valence-corrected chi connectivity index (χ2v) is 2.76. The Labute approximate surface area is 77.5 Å². The number of hydrogen-bond donors (Lipinski definition) is 1. The van der Waals surface area contributed by atoms with Crippen LogP contribution in [0.1, 0.15) is 23.7 Å². The van der Waals surface area contributed by atoms with E-state index < -0.39 is 0 Å². The molecular formula is C10H13NO2. The van der Waals surface area contributed by atoms with E-state index in [0.717, 1.165) is 6.42 Å². The zero-order chi connectivity index (χ0) is 9.68. The molecule has 0 bridgehead atoms. The van der Waals surface area contributed by atoms with Gasteiger partial charge in [-0.25, -0.2) is 4.79 Å². The molecule has 3 heteroatoms. The van der Waals surface area contributed by atoms with Gasteiger partial charge in [0.2, 0.25) is 0 Å². The van der Waals surface area contributed by atoms with Gasteiger partial charge >= 0.3 is 5.97 Å². The molecule has 0 spiro atoms. The molecule has 0 saturated carbocycles. The van der Waals surface area contributed by atoms with E-state index in [2.05, 4.69) is 0 Å². The van der Waals surface area contributed by atoms with E-state index in [0.29, 0.717) is 17.9 Å². The summed E-state index contributed by atoms with van der Waals surface area (Å²) in [6.07, 6.45) is 0.827. The van der Waals surface area contributed by atoms with Gasteiger partial charge in [-0.15, -0.1) is 0 Å². The predicted octanol–water partition coefficient (Wildman–Crippen LogP) is 1.84. The van der Waals surface area contributed by atoms with Gasteiger partial charge in [0.25, 0.3) is 0 Å². The van der Waals surface area contributed by atoms with Crippen LogP contribution in [0.4, 0.5) is 5.69 Å². The normalized spacial score (nSPS) is 9.62. The molecule has 70 valence electrons. The lowest BCUT2D eigenvalue weighted by atomic mass is 10.2. The Hall–Kier alpha value is -1.51. The predicted molar refractivity (Wildman–Crippen MR) is 51.4 cm³/mol. The van der Waals surface area contributed by atoms with Crippen molar-refractivity contribution in [2.45, 2.75) is 13.3 Å². The number of rotatable bonds is 3. The van der Waals surface area contributed by atoms with Gasteiger partial charge in [0.15, 0.2) is 0 Å². The molecule has 0 aliphatic carbocycles. The number of esters is 1. The first-order chi connectivity index (χ1) is 6.24. The minimum atomic E-state index is -0.311. The highest BCUT2D eigenvalue weighted by Gasteiger charge is 2.05. The van der Waals surface area contributed by atoms with Crippen LogP contribution < -0.4 is 5.73 Å². The summed E-state index contributed by atoms with van der Waals surface area (Å²) in [7, 11) is 0. The van der Waals surface area contributed by atoms with Gasteiger partial charge in [0.05, 0.1) is 12.2 Å². The number of ether oxygens (including phenoxy) is 1. The van der Waals surface area contributed by atoms with E-state index >= 15 is 0 Å². The molecular weight excluding hydrogens is 166 g/mol. The molecule has 1 aromatic rings. The van der Waals surface area contributed by atoms with Crippen molar-refractivity contribution in [2.75, 3.05) is 12.3 Å².